The van der Waals surface area contributed by atoms with Gasteiger partial charge in [-0.3, -0.25) is 0 Å². The third kappa shape index (κ3) is 2.04. The smallest absolute Gasteiger partial charge is 0.357 e. The average molecular weight is 272 g/mol. The number of anilines is 1. The number of carboxylic acid groups (broad SMARTS) is 2. The van der Waals surface area contributed by atoms with E-state index >= 15 is 0 Å². The molecule has 0 aliphatic heterocycles. The minimum absolute atomic E-state index is 0.00668. The van der Waals surface area contributed by atoms with Crippen molar-refractivity contribution < 1.29 is 19.8 Å². The lowest BCUT2D eigenvalue weighted by molar-refractivity contribution is 0.0681. The summed E-state index contributed by atoms with van der Waals surface area (Å²) in [6.07, 6.45) is 0. The Balaban J connectivity index is 2.65. The molecule has 0 atom stereocenters. The molecule has 100 valence electrons. The number of carboxylic acids is 2. The van der Waals surface area contributed by atoms with Gasteiger partial charge in [0.25, 0.3) is 0 Å². The summed E-state index contributed by atoms with van der Waals surface area (Å²) < 4.78 is 1.02. The number of benzene rings is 1. The normalized spacial score (nSPS) is 9.95. The Bertz CT molecular complexity index is 757. The molecule has 2 aromatic rings. The molecule has 1 aromatic heterocycles. The maximum Gasteiger partial charge on any atom is 0.357 e. The minimum atomic E-state index is -1.39. The molecule has 0 radical (unpaired) electrons. The molecule has 0 saturated heterocycles. The van der Waals surface area contributed by atoms with E-state index in [1.165, 1.54) is 24.3 Å². The Morgan fingerprint density at radius 1 is 1.30 bits per heavy atom. The van der Waals surface area contributed by atoms with Gasteiger partial charge in [-0.2, -0.15) is 10.4 Å². The maximum atomic E-state index is 11.0. The topological polar surface area (TPSA) is 142 Å². The van der Waals surface area contributed by atoms with Crippen molar-refractivity contribution in [2.24, 2.45) is 0 Å². The molecule has 0 spiro atoms. The highest BCUT2D eigenvalue weighted by molar-refractivity contribution is 5.91. The lowest BCUT2D eigenvalue weighted by Crippen LogP contribution is -2.05. The number of rotatable bonds is 3. The molecule has 0 amide bonds. The summed E-state index contributed by atoms with van der Waals surface area (Å²) >= 11 is 0. The van der Waals surface area contributed by atoms with Crippen molar-refractivity contribution in [3.05, 3.63) is 41.1 Å². The van der Waals surface area contributed by atoms with Gasteiger partial charge in [0.2, 0.25) is 0 Å². The number of aromatic nitrogens is 2. The Labute approximate surface area is 112 Å². The number of nitrogens with two attached hydrogens (primary N) is 1. The molecule has 20 heavy (non-hydrogen) atoms. The number of nitrogens with zero attached hydrogens (tertiary/aromatic N) is 3. The fraction of sp³-hybridized carbons (Fsp3) is 0. The van der Waals surface area contributed by atoms with Crippen LogP contribution < -0.4 is 5.73 Å². The molecule has 0 bridgehead atoms. The molecule has 0 aliphatic carbocycles. The van der Waals surface area contributed by atoms with Crippen molar-refractivity contribution in [3.63, 3.8) is 0 Å². The predicted molar refractivity (Wildman–Crippen MR) is 66.6 cm³/mol. The fourth-order valence-electron chi connectivity index (χ4n) is 1.66. The van der Waals surface area contributed by atoms with Crippen LogP contribution in [-0.2, 0) is 0 Å². The van der Waals surface area contributed by atoms with Gasteiger partial charge in [-0.1, -0.05) is 6.07 Å². The van der Waals surface area contributed by atoms with Crippen LogP contribution in [0, 0.1) is 11.3 Å². The van der Waals surface area contributed by atoms with E-state index in [2.05, 4.69) is 5.10 Å². The predicted octanol–water partition coefficient (Wildman–Crippen LogP) is 0.723. The van der Waals surface area contributed by atoms with Crippen molar-refractivity contribution >= 4 is 17.8 Å². The van der Waals surface area contributed by atoms with Crippen molar-refractivity contribution in [1.29, 1.82) is 5.26 Å². The van der Waals surface area contributed by atoms with Crippen LogP contribution in [0.25, 0.3) is 5.69 Å². The molecule has 0 unspecified atom stereocenters. The third-order valence-corrected chi connectivity index (χ3v) is 2.57. The summed E-state index contributed by atoms with van der Waals surface area (Å²) in [7, 11) is 0. The monoisotopic (exact) mass is 272 g/mol. The van der Waals surface area contributed by atoms with Gasteiger partial charge >= 0.3 is 11.9 Å². The van der Waals surface area contributed by atoms with E-state index in [9.17, 15) is 9.59 Å². The van der Waals surface area contributed by atoms with Gasteiger partial charge in [-0.05, 0) is 18.2 Å². The van der Waals surface area contributed by atoms with E-state index < -0.39 is 17.6 Å². The SMILES string of the molecule is N#Cc1c(C(=O)O)nn(-c2cccc(C(=O)O)c2)c1N. The van der Waals surface area contributed by atoms with Crippen molar-refractivity contribution in [2.45, 2.75) is 0 Å². The fourth-order valence-corrected chi connectivity index (χ4v) is 1.66. The van der Waals surface area contributed by atoms with Crippen LogP contribution >= 0.6 is 0 Å². The molecular formula is C12H8N4O4. The molecule has 1 aromatic carbocycles. The summed E-state index contributed by atoms with van der Waals surface area (Å²) in [5, 5.41) is 30.5. The number of nitrogen functional groups attached to an aromatic ring is 1. The van der Waals surface area contributed by atoms with Crippen LogP contribution in [0.2, 0.25) is 0 Å². The molecule has 0 aliphatic rings. The van der Waals surface area contributed by atoms with E-state index in [-0.39, 0.29) is 22.6 Å². The summed E-state index contributed by atoms with van der Waals surface area (Å²) in [4.78, 5) is 21.9. The largest absolute Gasteiger partial charge is 0.478 e. The molecule has 1 heterocycles. The Kier molecular flexibility index (Phi) is 3.10. The van der Waals surface area contributed by atoms with Crippen LogP contribution in [-0.4, -0.2) is 31.9 Å². The molecule has 0 saturated carbocycles. The van der Waals surface area contributed by atoms with E-state index in [1.807, 2.05) is 0 Å². The van der Waals surface area contributed by atoms with Gasteiger partial charge in [-0.15, -0.1) is 0 Å². The number of hydrogen-bond acceptors (Lipinski definition) is 5. The summed E-state index contributed by atoms with van der Waals surface area (Å²) in [6, 6.07) is 7.28. The van der Waals surface area contributed by atoms with Crippen LogP contribution in [0.15, 0.2) is 24.3 Å². The van der Waals surface area contributed by atoms with E-state index in [0.29, 0.717) is 0 Å². The van der Waals surface area contributed by atoms with E-state index in [0.717, 1.165) is 4.68 Å². The first-order valence-electron chi connectivity index (χ1n) is 5.31. The second kappa shape index (κ2) is 4.74. The number of aromatic carboxylic acids is 2. The third-order valence-electron chi connectivity index (χ3n) is 2.57. The first kappa shape index (κ1) is 13.1. The molecule has 2 rings (SSSR count). The van der Waals surface area contributed by atoms with Gasteiger partial charge in [-0.25, -0.2) is 14.3 Å². The first-order chi connectivity index (χ1) is 9.45. The highest BCUT2D eigenvalue weighted by atomic mass is 16.4. The van der Waals surface area contributed by atoms with Gasteiger partial charge in [0.1, 0.15) is 17.5 Å². The minimum Gasteiger partial charge on any atom is -0.478 e. The molecule has 8 heteroatoms. The Morgan fingerprint density at radius 3 is 2.50 bits per heavy atom. The van der Waals surface area contributed by atoms with Crippen LogP contribution in [0.5, 0.6) is 0 Å². The zero-order chi connectivity index (χ0) is 14.9. The first-order valence-corrected chi connectivity index (χ1v) is 5.31. The number of nitriles is 1. The lowest BCUT2D eigenvalue weighted by Gasteiger charge is -2.04. The average Bonchev–Trinajstić information content (AvgIpc) is 2.76. The number of hydrogen-bond donors (Lipinski definition) is 3. The van der Waals surface area contributed by atoms with Crippen molar-refractivity contribution in [2.75, 3.05) is 5.73 Å². The Hall–Kier alpha value is -3.34. The second-order valence-electron chi connectivity index (χ2n) is 3.79. The van der Waals surface area contributed by atoms with Gasteiger partial charge in [0.05, 0.1) is 11.3 Å². The quantitative estimate of drug-likeness (QED) is 0.747. The summed E-state index contributed by atoms with van der Waals surface area (Å²) in [5.41, 5.74) is 5.18. The van der Waals surface area contributed by atoms with Crippen molar-refractivity contribution in [1.82, 2.24) is 9.78 Å². The highest BCUT2D eigenvalue weighted by Gasteiger charge is 2.21. The lowest BCUT2D eigenvalue weighted by atomic mass is 10.2. The number of carbonyl (C=O) groups is 2. The second-order valence-corrected chi connectivity index (χ2v) is 3.79. The summed E-state index contributed by atoms with van der Waals surface area (Å²) in [6.45, 7) is 0. The zero-order valence-corrected chi connectivity index (χ0v) is 9.94. The van der Waals surface area contributed by atoms with Gasteiger partial charge in [0, 0.05) is 0 Å². The van der Waals surface area contributed by atoms with Crippen LogP contribution in [0.1, 0.15) is 26.4 Å². The highest BCUT2D eigenvalue weighted by Crippen LogP contribution is 2.21. The van der Waals surface area contributed by atoms with Gasteiger partial charge in [0.15, 0.2) is 5.69 Å². The van der Waals surface area contributed by atoms with Crippen LogP contribution in [0.4, 0.5) is 5.82 Å². The van der Waals surface area contributed by atoms with E-state index in [1.54, 1.807) is 6.07 Å². The molecule has 8 nitrogen and oxygen atoms in total. The van der Waals surface area contributed by atoms with E-state index in [4.69, 9.17) is 21.2 Å². The molecule has 4 N–H and O–H groups in total. The molecule has 0 fully saturated rings. The Morgan fingerprint density at radius 2 is 2.00 bits per heavy atom. The van der Waals surface area contributed by atoms with Gasteiger partial charge < -0.3 is 15.9 Å². The van der Waals surface area contributed by atoms with Crippen molar-refractivity contribution in [3.8, 4) is 11.8 Å². The zero-order valence-electron chi connectivity index (χ0n) is 9.94. The molecular weight excluding hydrogens is 264 g/mol. The maximum absolute atomic E-state index is 11.0. The standard InChI is InChI=1S/C12H8N4O4/c13-5-8-9(12(19)20)15-16(10(8)14)7-3-1-2-6(4-7)11(17)18/h1-4H,14H2,(H,17,18)(H,19,20). The summed E-state index contributed by atoms with van der Waals surface area (Å²) in [5.74, 6) is -2.69. The van der Waals surface area contributed by atoms with Crippen LogP contribution in [0.3, 0.4) is 0 Å².